The summed E-state index contributed by atoms with van der Waals surface area (Å²) >= 11 is 2.99. The lowest BCUT2D eigenvalue weighted by molar-refractivity contribution is -0.385. The Morgan fingerprint density at radius 1 is 1.58 bits per heavy atom. The molecule has 0 aliphatic rings. The van der Waals surface area contributed by atoms with Gasteiger partial charge in [-0.25, -0.2) is 0 Å². The zero-order valence-electron chi connectivity index (χ0n) is 6.37. The Kier molecular flexibility index (Phi) is 2.65. The molecule has 0 saturated carbocycles. The van der Waals surface area contributed by atoms with Gasteiger partial charge in [0.05, 0.1) is 10.6 Å². The Balaban J connectivity index is 3.17. The molecule has 4 nitrogen and oxygen atoms in total. The van der Waals surface area contributed by atoms with Crippen molar-refractivity contribution in [2.24, 2.45) is 0 Å². The van der Waals surface area contributed by atoms with Crippen LogP contribution in [0, 0.1) is 17.0 Å². The number of halogens is 1. The molecule has 64 valence electrons. The van der Waals surface area contributed by atoms with E-state index in [1.54, 1.807) is 19.1 Å². The van der Waals surface area contributed by atoms with Crippen molar-refractivity contribution in [2.45, 2.75) is 6.92 Å². The van der Waals surface area contributed by atoms with Crippen molar-refractivity contribution in [3.8, 4) is 0 Å². The summed E-state index contributed by atoms with van der Waals surface area (Å²) in [6, 6.07) is 4.93. The van der Waals surface area contributed by atoms with Gasteiger partial charge in [-0.05, 0) is 13.0 Å². The topological polar surface area (TPSA) is 55.2 Å². The van der Waals surface area contributed by atoms with Crippen LogP contribution in [0.4, 0.5) is 11.4 Å². The van der Waals surface area contributed by atoms with E-state index in [-0.39, 0.29) is 5.69 Å². The average Bonchev–Trinajstić information content (AvgIpc) is 2.05. The summed E-state index contributed by atoms with van der Waals surface area (Å²) in [5.41, 5.74) is 1.46. The number of rotatable bonds is 2. The Labute approximate surface area is 78.1 Å². The van der Waals surface area contributed by atoms with Crippen LogP contribution in [-0.4, -0.2) is 4.92 Å². The fourth-order valence-corrected chi connectivity index (χ4v) is 1.11. The van der Waals surface area contributed by atoms with Crippen LogP contribution in [0.2, 0.25) is 0 Å². The third kappa shape index (κ3) is 1.73. The molecule has 5 heteroatoms. The summed E-state index contributed by atoms with van der Waals surface area (Å²) in [5.74, 6) is 0. The third-order valence-electron chi connectivity index (χ3n) is 1.51. The van der Waals surface area contributed by atoms with Gasteiger partial charge in [0.2, 0.25) is 0 Å². The van der Waals surface area contributed by atoms with Crippen LogP contribution in [0.5, 0.6) is 0 Å². The lowest BCUT2D eigenvalue weighted by atomic mass is 10.2. The maximum atomic E-state index is 10.5. The Morgan fingerprint density at radius 2 is 2.25 bits per heavy atom. The van der Waals surface area contributed by atoms with Gasteiger partial charge in [0.15, 0.2) is 0 Å². The van der Waals surface area contributed by atoms with Crippen LogP contribution >= 0.6 is 16.1 Å². The van der Waals surface area contributed by atoms with Crippen molar-refractivity contribution in [1.29, 1.82) is 0 Å². The molecule has 0 fully saturated rings. The molecule has 1 rings (SSSR count). The van der Waals surface area contributed by atoms with E-state index in [0.29, 0.717) is 11.3 Å². The van der Waals surface area contributed by atoms with Crippen molar-refractivity contribution in [3.63, 3.8) is 0 Å². The van der Waals surface area contributed by atoms with Gasteiger partial charge in [0.25, 0.3) is 5.69 Å². The van der Waals surface area contributed by atoms with E-state index in [2.05, 4.69) is 20.5 Å². The average molecular weight is 231 g/mol. The minimum atomic E-state index is -0.400. The second kappa shape index (κ2) is 3.53. The maximum absolute atomic E-state index is 10.5. The number of nitrogens with zero attached hydrogens (tertiary/aromatic N) is 1. The highest BCUT2D eigenvalue weighted by atomic mass is 79.9. The van der Waals surface area contributed by atoms with E-state index in [9.17, 15) is 10.1 Å². The van der Waals surface area contributed by atoms with E-state index in [0.717, 1.165) is 0 Å². The Morgan fingerprint density at radius 3 is 2.75 bits per heavy atom. The van der Waals surface area contributed by atoms with E-state index in [1.165, 1.54) is 6.07 Å². The number of benzene rings is 1. The fourth-order valence-electron chi connectivity index (χ4n) is 0.865. The summed E-state index contributed by atoms with van der Waals surface area (Å²) in [6.45, 7) is 1.70. The maximum Gasteiger partial charge on any atom is 0.274 e. The number of nitro groups is 1. The predicted molar refractivity (Wildman–Crippen MR) is 50.4 cm³/mol. The van der Waals surface area contributed by atoms with Gasteiger partial charge < -0.3 is 4.34 Å². The molecule has 1 aromatic rings. The van der Waals surface area contributed by atoms with Gasteiger partial charge in [-0.15, -0.1) is 0 Å². The van der Waals surface area contributed by atoms with E-state index >= 15 is 0 Å². The first-order valence-corrected chi connectivity index (χ1v) is 4.06. The first-order chi connectivity index (χ1) is 5.65. The number of nitrogens with one attached hydrogen (secondary N) is 1. The molecule has 0 radical (unpaired) electrons. The number of anilines is 1. The zero-order chi connectivity index (χ0) is 9.14. The van der Waals surface area contributed by atoms with Crippen molar-refractivity contribution >= 4 is 27.5 Å². The lowest BCUT2D eigenvalue weighted by Gasteiger charge is -1.99. The van der Waals surface area contributed by atoms with Crippen LogP contribution in [0.1, 0.15) is 5.56 Å². The molecule has 1 N–H and O–H groups in total. The lowest BCUT2D eigenvalue weighted by Crippen LogP contribution is -1.92. The van der Waals surface area contributed by atoms with Gasteiger partial charge >= 0.3 is 0 Å². The van der Waals surface area contributed by atoms with Gasteiger partial charge in [-0.2, -0.15) is 0 Å². The number of hydrogen-bond donors (Lipinski definition) is 1. The summed E-state index contributed by atoms with van der Waals surface area (Å²) in [6.07, 6.45) is 0. The first-order valence-electron chi connectivity index (χ1n) is 3.27. The molecule has 0 atom stereocenters. The van der Waals surface area contributed by atoms with Gasteiger partial charge in [0, 0.05) is 27.8 Å². The minimum Gasteiger partial charge on any atom is -0.322 e. The smallest absolute Gasteiger partial charge is 0.274 e. The standard InChI is InChI=1S/C7H7BrN2O2/c1-5-2-3-6(9-8)4-7(5)10(11)12/h2-4,9H,1H3. The van der Waals surface area contributed by atoms with Gasteiger partial charge in [-0.3, -0.25) is 10.1 Å². The summed E-state index contributed by atoms with van der Waals surface area (Å²) in [5, 5.41) is 10.5. The quantitative estimate of drug-likeness (QED) is 0.483. The predicted octanol–water partition coefficient (Wildman–Crippen LogP) is 2.63. The number of aryl methyl sites for hydroxylation is 1. The molecule has 0 unspecified atom stereocenters. The SMILES string of the molecule is Cc1ccc(NBr)cc1[N+](=O)[O-]. The van der Waals surface area contributed by atoms with Crippen LogP contribution in [0.15, 0.2) is 18.2 Å². The van der Waals surface area contributed by atoms with E-state index < -0.39 is 4.92 Å². The summed E-state index contributed by atoms with van der Waals surface area (Å²) in [7, 11) is 0. The molecule has 0 bridgehead atoms. The number of hydrogen-bond acceptors (Lipinski definition) is 3. The van der Waals surface area contributed by atoms with E-state index in [4.69, 9.17) is 0 Å². The fraction of sp³-hybridized carbons (Fsp3) is 0.143. The number of nitro benzene ring substituents is 1. The highest BCUT2D eigenvalue weighted by Gasteiger charge is 2.09. The molecule has 12 heavy (non-hydrogen) atoms. The molecule has 0 aliphatic heterocycles. The second-order valence-electron chi connectivity index (χ2n) is 2.35. The molecule has 0 spiro atoms. The van der Waals surface area contributed by atoms with Crippen LogP contribution in [0.3, 0.4) is 0 Å². The van der Waals surface area contributed by atoms with Crippen molar-refractivity contribution in [2.75, 3.05) is 4.34 Å². The van der Waals surface area contributed by atoms with Crippen LogP contribution in [-0.2, 0) is 0 Å². The largest absolute Gasteiger partial charge is 0.322 e. The minimum absolute atomic E-state index is 0.124. The zero-order valence-corrected chi connectivity index (χ0v) is 7.96. The summed E-state index contributed by atoms with van der Waals surface area (Å²) in [4.78, 5) is 10.1. The Bertz CT molecular complexity index is 314. The van der Waals surface area contributed by atoms with Crippen LogP contribution < -0.4 is 4.34 Å². The van der Waals surface area contributed by atoms with Crippen molar-refractivity contribution in [1.82, 2.24) is 0 Å². The first kappa shape index (κ1) is 8.99. The molecular formula is C7H7BrN2O2. The molecule has 0 heterocycles. The highest BCUT2D eigenvalue weighted by Crippen LogP contribution is 2.22. The molecule has 0 saturated heterocycles. The molecular weight excluding hydrogens is 224 g/mol. The molecule has 0 amide bonds. The normalized spacial score (nSPS) is 9.50. The molecule has 0 aliphatic carbocycles. The molecule has 0 aromatic heterocycles. The summed E-state index contributed by atoms with van der Waals surface area (Å²) < 4.78 is 2.66. The van der Waals surface area contributed by atoms with Gasteiger partial charge in [-0.1, -0.05) is 6.07 Å². The third-order valence-corrected chi connectivity index (χ3v) is 1.97. The Hall–Kier alpha value is -1.10. The second-order valence-corrected chi connectivity index (χ2v) is 2.75. The highest BCUT2D eigenvalue weighted by molar-refractivity contribution is 9.10. The van der Waals surface area contributed by atoms with E-state index in [1.807, 2.05) is 0 Å². The monoisotopic (exact) mass is 230 g/mol. The molecule has 1 aromatic carbocycles. The van der Waals surface area contributed by atoms with Crippen LogP contribution in [0.25, 0.3) is 0 Å². The van der Waals surface area contributed by atoms with Crippen molar-refractivity contribution in [3.05, 3.63) is 33.9 Å². The van der Waals surface area contributed by atoms with Gasteiger partial charge in [0.1, 0.15) is 0 Å². The van der Waals surface area contributed by atoms with Crippen molar-refractivity contribution < 1.29 is 4.92 Å².